The maximum Gasteiger partial charge on any atom is 0.315 e. The molecule has 0 bridgehead atoms. The summed E-state index contributed by atoms with van der Waals surface area (Å²) in [5, 5.41) is 16.5. The van der Waals surface area contributed by atoms with Gasteiger partial charge >= 0.3 is 12.0 Å². The Morgan fingerprint density at radius 1 is 1.18 bits per heavy atom. The number of carbonyl (C=O) groups is 2. The molecule has 8 heteroatoms. The van der Waals surface area contributed by atoms with Crippen LogP contribution in [0, 0.1) is 0 Å². The maximum atomic E-state index is 12.3. The van der Waals surface area contributed by atoms with Gasteiger partial charge < -0.3 is 20.2 Å². The number of carboxylic acids is 1. The lowest BCUT2D eigenvalue weighted by Crippen LogP contribution is -2.43. The highest BCUT2D eigenvalue weighted by molar-refractivity contribution is 7.13. The summed E-state index contributed by atoms with van der Waals surface area (Å²) < 4.78 is 5.43. The van der Waals surface area contributed by atoms with Crippen molar-refractivity contribution in [2.75, 3.05) is 0 Å². The summed E-state index contributed by atoms with van der Waals surface area (Å²) >= 11 is 1.53. The summed E-state index contributed by atoms with van der Waals surface area (Å²) in [4.78, 5) is 28.5. The van der Waals surface area contributed by atoms with E-state index in [0.717, 1.165) is 10.4 Å². The van der Waals surface area contributed by atoms with Crippen LogP contribution in [0.1, 0.15) is 24.1 Å². The topological polar surface area (TPSA) is 104 Å². The van der Waals surface area contributed by atoms with Crippen molar-refractivity contribution < 1.29 is 19.1 Å². The first kappa shape index (κ1) is 19.6. The van der Waals surface area contributed by atoms with Crippen LogP contribution in [-0.2, 0) is 17.8 Å². The van der Waals surface area contributed by atoms with Crippen LogP contribution < -0.4 is 10.6 Å². The Balaban J connectivity index is 1.53. The largest absolute Gasteiger partial charge is 0.481 e. The third-order valence-electron chi connectivity index (χ3n) is 4.08. The van der Waals surface area contributed by atoms with E-state index < -0.39 is 5.97 Å². The average molecular weight is 399 g/mol. The minimum absolute atomic E-state index is 0.00869. The predicted molar refractivity (Wildman–Crippen MR) is 106 cm³/mol. The van der Waals surface area contributed by atoms with Gasteiger partial charge in [0.25, 0.3) is 0 Å². The molecule has 2 amide bonds. The monoisotopic (exact) mass is 399 g/mol. The third-order valence-corrected chi connectivity index (χ3v) is 4.94. The van der Waals surface area contributed by atoms with E-state index in [9.17, 15) is 9.59 Å². The smallest absolute Gasteiger partial charge is 0.315 e. The molecule has 2 aromatic heterocycles. The Hall–Kier alpha value is -3.13. The van der Waals surface area contributed by atoms with Crippen molar-refractivity contribution in [1.29, 1.82) is 0 Å². The number of oxazole rings is 1. The first-order valence-electron chi connectivity index (χ1n) is 8.88. The highest BCUT2D eigenvalue weighted by Gasteiger charge is 2.15. The van der Waals surface area contributed by atoms with Crippen molar-refractivity contribution >= 4 is 23.3 Å². The molecule has 3 aromatic rings. The maximum absolute atomic E-state index is 12.3. The van der Waals surface area contributed by atoms with E-state index in [-0.39, 0.29) is 25.0 Å². The Kier molecular flexibility index (Phi) is 6.80. The van der Waals surface area contributed by atoms with Gasteiger partial charge in [-0.25, -0.2) is 9.78 Å². The molecule has 0 aliphatic rings. The average Bonchev–Trinajstić information content (AvgIpc) is 3.37. The highest BCUT2D eigenvalue weighted by atomic mass is 32.1. The second-order valence-corrected chi connectivity index (χ2v) is 7.22. The number of urea groups is 1. The van der Waals surface area contributed by atoms with Crippen LogP contribution in [0.3, 0.4) is 0 Å². The first-order valence-corrected chi connectivity index (χ1v) is 9.76. The number of carboxylic acid groups (broad SMARTS) is 1. The minimum Gasteiger partial charge on any atom is -0.481 e. The normalized spacial score (nSPS) is 11.7. The zero-order valence-corrected chi connectivity index (χ0v) is 15.9. The molecule has 0 aliphatic heterocycles. The molecular weight excluding hydrogens is 378 g/mol. The van der Waals surface area contributed by atoms with Crippen LogP contribution >= 0.6 is 11.3 Å². The Morgan fingerprint density at radius 2 is 2.00 bits per heavy atom. The number of benzene rings is 1. The van der Waals surface area contributed by atoms with Crippen LogP contribution in [0.2, 0.25) is 0 Å². The van der Waals surface area contributed by atoms with E-state index in [1.165, 1.54) is 17.6 Å². The molecule has 2 heterocycles. The second kappa shape index (κ2) is 9.70. The number of amides is 2. The van der Waals surface area contributed by atoms with Gasteiger partial charge in [0, 0.05) is 12.5 Å². The summed E-state index contributed by atoms with van der Waals surface area (Å²) in [5.74, 6) is -0.361. The Morgan fingerprint density at radius 3 is 2.71 bits per heavy atom. The predicted octanol–water partition coefficient (Wildman–Crippen LogP) is 3.68. The van der Waals surface area contributed by atoms with Crippen molar-refractivity contribution in [2.24, 2.45) is 0 Å². The number of hydrogen-bond donors (Lipinski definition) is 3. The number of thiophene rings is 1. The zero-order valence-electron chi connectivity index (χ0n) is 15.1. The van der Waals surface area contributed by atoms with Crippen LogP contribution in [0.15, 0.2) is 58.5 Å². The molecule has 0 radical (unpaired) electrons. The van der Waals surface area contributed by atoms with Crippen LogP contribution in [0.25, 0.3) is 10.8 Å². The van der Waals surface area contributed by atoms with E-state index in [4.69, 9.17) is 9.52 Å². The van der Waals surface area contributed by atoms with Crippen molar-refractivity contribution in [2.45, 2.75) is 31.8 Å². The second-order valence-electron chi connectivity index (χ2n) is 6.27. The first-order chi connectivity index (χ1) is 13.6. The third kappa shape index (κ3) is 5.95. The molecule has 7 nitrogen and oxygen atoms in total. The van der Waals surface area contributed by atoms with Gasteiger partial charge in [-0.3, -0.25) is 4.79 Å². The van der Waals surface area contributed by atoms with Crippen LogP contribution in [-0.4, -0.2) is 28.1 Å². The number of hydrogen-bond acceptors (Lipinski definition) is 5. The summed E-state index contributed by atoms with van der Waals surface area (Å²) in [6, 6.07) is 12.8. The molecule has 3 N–H and O–H groups in total. The Labute approximate surface area is 166 Å². The fourth-order valence-electron chi connectivity index (χ4n) is 2.73. The lowest BCUT2D eigenvalue weighted by molar-refractivity contribution is -0.137. The van der Waals surface area contributed by atoms with Gasteiger partial charge in [0.2, 0.25) is 5.89 Å². The molecule has 0 saturated heterocycles. The van der Waals surface area contributed by atoms with Crippen molar-refractivity contribution in [1.82, 2.24) is 15.6 Å². The molecule has 3 rings (SSSR count). The minimum atomic E-state index is -0.885. The molecule has 0 fully saturated rings. The molecule has 1 atom stereocenters. The molecular formula is C20H21N3O4S. The SMILES string of the molecule is O=C(O)CCC(Cc1ccccc1)NC(=O)NCc1coc(-c2cccs2)n1. The molecule has 0 spiro atoms. The fourth-order valence-corrected chi connectivity index (χ4v) is 3.39. The quantitative estimate of drug-likeness (QED) is 0.509. The molecule has 0 aliphatic carbocycles. The number of aromatic nitrogens is 1. The summed E-state index contributed by atoms with van der Waals surface area (Å²) in [7, 11) is 0. The van der Waals surface area contributed by atoms with E-state index in [1.807, 2.05) is 47.8 Å². The van der Waals surface area contributed by atoms with Crippen molar-refractivity contribution in [3.63, 3.8) is 0 Å². The van der Waals surface area contributed by atoms with Gasteiger partial charge in [0.05, 0.1) is 17.1 Å². The number of carbonyl (C=O) groups excluding carboxylic acids is 1. The van der Waals surface area contributed by atoms with Gasteiger partial charge in [0.15, 0.2) is 0 Å². The van der Waals surface area contributed by atoms with Gasteiger partial charge in [0.1, 0.15) is 6.26 Å². The van der Waals surface area contributed by atoms with E-state index in [2.05, 4.69) is 15.6 Å². The Bertz CT molecular complexity index is 893. The molecule has 1 aromatic carbocycles. The molecule has 146 valence electrons. The molecule has 28 heavy (non-hydrogen) atoms. The van der Waals surface area contributed by atoms with Gasteiger partial charge in [-0.1, -0.05) is 36.4 Å². The standard InChI is InChI=1S/C20H21N3O4S/c24-18(25)9-8-15(11-14-5-2-1-3-6-14)23-20(26)21-12-16-13-27-19(22-16)17-7-4-10-28-17/h1-7,10,13,15H,8-9,11-12H2,(H,24,25)(H2,21,23,26). The van der Waals surface area contributed by atoms with E-state index >= 15 is 0 Å². The lowest BCUT2D eigenvalue weighted by Gasteiger charge is -2.18. The van der Waals surface area contributed by atoms with Gasteiger partial charge in [-0.15, -0.1) is 11.3 Å². The highest BCUT2D eigenvalue weighted by Crippen LogP contribution is 2.23. The molecule has 0 saturated carbocycles. The summed E-state index contributed by atoms with van der Waals surface area (Å²) in [6.45, 7) is 0.220. The summed E-state index contributed by atoms with van der Waals surface area (Å²) in [5.41, 5.74) is 1.65. The number of aliphatic carboxylic acids is 1. The summed E-state index contributed by atoms with van der Waals surface area (Å²) in [6.07, 6.45) is 2.42. The molecule has 1 unspecified atom stereocenters. The van der Waals surface area contributed by atoms with Gasteiger partial charge in [-0.05, 0) is 29.9 Å². The van der Waals surface area contributed by atoms with Crippen LogP contribution in [0.4, 0.5) is 4.79 Å². The fraction of sp³-hybridized carbons (Fsp3) is 0.250. The number of nitrogens with zero attached hydrogens (tertiary/aromatic N) is 1. The van der Waals surface area contributed by atoms with E-state index in [1.54, 1.807) is 0 Å². The van der Waals surface area contributed by atoms with Crippen LogP contribution in [0.5, 0.6) is 0 Å². The number of rotatable bonds is 9. The zero-order chi connectivity index (χ0) is 19.8. The van der Waals surface area contributed by atoms with Gasteiger partial charge in [-0.2, -0.15) is 0 Å². The van der Waals surface area contributed by atoms with Crippen molar-refractivity contribution in [3.8, 4) is 10.8 Å². The van der Waals surface area contributed by atoms with E-state index in [0.29, 0.717) is 24.4 Å². The lowest BCUT2D eigenvalue weighted by atomic mass is 10.0. The number of nitrogens with one attached hydrogen (secondary N) is 2. The van der Waals surface area contributed by atoms with Crippen molar-refractivity contribution in [3.05, 3.63) is 65.4 Å².